The molecule has 39 heavy (non-hydrogen) atoms. The summed E-state index contributed by atoms with van der Waals surface area (Å²) < 4.78 is 6.52. The third-order valence-electron chi connectivity index (χ3n) is 6.34. The number of benzene rings is 2. The number of pyridine rings is 1. The van der Waals surface area contributed by atoms with Crippen molar-refractivity contribution in [2.45, 2.75) is 46.7 Å². The Kier molecular flexibility index (Phi) is 8.35. The molecular weight excluding hydrogens is 516 g/mol. The molecule has 2 N–H and O–H groups in total. The average Bonchev–Trinajstić information content (AvgIpc) is 2.87. The van der Waals surface area contributed by atoms with Crippen LogP contribution in [0.3, 0.4) is 0 Å². The number of methoxy groups -OCH3 is 1. The van der Waals surface area contributed by atoms with Gasteiger partial charge < -0.3 is 10.1 Å². The maximum Gasteiger partial charge on any atom is 0.329 e. The third-order valence-corrected chi connectivity index (χ3v) is 6.53. The molecule has 4 aromatic rings. The maximum atomic E-state index is 13.9. The van der Waals surface area contributed by atoms with Crippen LogP contribution in [-0.4, -0.2) is 27.4 Å². The van der Waals surface area contributed by atoms with Crippen LogP contribution < -0.4 is 21.3 Å². The van der Waals surface area contributed by atoms with E-state index in [2.05, 4.69) is 15.3 Å². The zero-order chi connectivity index (χ0) is 28.3. The number of rotatable bonds is 9. The first-order valence-corrected chi connectivity index (χ1v) is 13.0. The highest BCUT2D eigenvalue weighted by molar-refractivity contribution is 6.29. The van der Waals surface area contributed by atoms with Crippen molar-refractivity contribution in [1.82, 2.24) is 14.5 Å². The second kappa shape index (κ2) is 11.7. The van der Waals surface area contributed by atoms with Gasteiger partial charge in [-0.25, -0.2) is 9.78 Å². The fourth-order valence-electron chi connectivity index (χ4n) is 4.61. The average molecular weight is 547 g/mol. The Morgan fingerprint density at radius 2 is 1.69 bits per heavy atom. The Morgan fingerprint density at radius 3 is 2.31 bits per heavy atom. The van der Waals surface area contributed by atoms with Gasteiger partial charge in [0.25, 0.3) is 5.56 Å². The van der Waals surface area contributed by atoms with Crippen LogP contribution in [0.25, 0.3) is 0 Å². The fraction of sp³-hybridized carbons (Fsp3) is 0.267. The molecule has 2 aromatic carbocycles. The van der Waals surface area contributed by atoms with E-state index in [9.17, 15) is 14.4 Å². The van der Waals surface area contributed by atoms with Gasteiger partial charge in [-0.05, 0) is 67.3 Å². The van der Waals surface area contributed by atoms with E-state index in [1.54, 1.807) is 31.4 Å². The van der Waals surface area contributed by atoms with Crippen molar-refractivity contribution in [3.8, 4) is 5.75 Å². The fourth-order valence-corrected chi connectivity index (χ4v) is 4.84. The van der Waals surface area contributed by atoms with E-state index in [1.807, 2.05) is 58.0 Å². The zero-order valence-corrected chi connectivity index (χ0v) is 23.3. The maximum absolute atomic E-state index is 13.9. The number of ether oxygens (including phenoxy) is 1. The van der Waals surface area contributed by atoms with Gasteiger partial charge >= 0.3 is 5.69 Å². The number of ketones is 1. The summed E-state index contributed by atoms with van der Waals surface area (Å²) in [6, 6.07) is 16.5. The number of nitrogens with one attached hydrogen (secondary N) is 2. The number of carbonyl (C=O) groups excluding carboxylic acids is 1. The molecule has 9 heteroatoms. The van der Waals surface area contributed by atoms with E-state index >= 15 is 0 Å². The summed E-state index contributed by atoms with van der Waals surface area (Å²) in [6.45, 7) is 7.95. The van der Waals surface area contributed by atoms with Crippen molar-refractivity contribution in [2.75, 3.05) is 12.4 Å². The van der Waals surface area contributed by atoms with E-state index in [1.165, 1.54) is 4.57 Å². The molecule has 0 aliphatic carbocycles. The van der Waals surface area contributed by atoms with Crippen LogP contribution in [-0.2, 0) is 13.1 Å². The first-order chi connectivity index (χ1) is 18.5. The minimum atomic E-state index is -0.669. The Morgan fingerprint density at radius 1 is 1.03 bits per heavy atom. The van der Waals surface area contributed by atoms with Gasteiger partial charge in [-0.15, -0.1) is 0 Å². The molecule has 0 spiro atoms. The lowest BCUT2D eigenvalue weighted by atomic mass is 9.95. The number of aryl methyl sites for hydroxylation is 2. The highest BCUT2D eigenvalue weighted by Gasteiger charge is 2.25. The summed E-state index contributed by atoms with van der Waals surface area (Å²) >= 11 is 6.34. The number of hydrogen-bond acceptors (Lipinski definition) is 6. The summed E-state index contributed by atoms with van der Waals surface area (Å²) in [5.74, 6) is 0.595. The molecule has 8 nitrogen and oxygen atoms in total. The predicted molar refractivity (Wildman–Crippen MR) is 153 cm³/mol. The summed E-state index contributed by atoms with van der Waals surface area (Å²) in [5, 5.41) is 3.48. The second-order valence-electron chi connectivity index (χ2n) is 9.85. The predicted octanol–water partition coefficient (Wildman–Crippen LogP) is 5.23. The molecule has 0 aliphatic heterocycles. The molecular formula is C30H31ClN4O4. The number of aromatic amines is 1. The minimum absolute atomic E-state index is 0.0145. The van der Waals surface area contributed by atoms with Crippen molar-refractivity contribution >= 4 is 23.2 Å². The van der Waals surface area contributed by atoms with Gasteiger partial charge in [-0.1, -0.05) is 54.8 Å². The van der Waals surface area contributed by atoms with Crippen LogP contribution in [0.4, 0.5) is 5.82 Å². The van der Waals surface area contributed by atoms with E-state index in [4.69, 9.17) is 16.3 Å². The van der Waals surface area contributed by atoms with Crippen molar-refractivity contribution < 1.29 is 9.53 Å². The van der Waals surface area contributed by atoms with Crippen LogP contribution in [0.1, 0.15) is 63.6 Å². The van der Waals surface area contributed by atoms with Crippen LogP contribution in [0.5, 0.6) is 5.75 Å². The molecule has 0 bridgehead atoms. The first kappa shape index (κ1) is 27.9. The molecule has 202 valence electrons. The van der Waals surface area contributed by atoms with Crippen molar-refractivity contribution in [1.29, 1.82) is 0 Å². The van der Waals surface area contributed by atoms with Crippen LogP contribution >= 0.6 is 11.6 Å². The number of nitrogens with zero attached hydrogens (tertiary/aromatic N) is 2. The lowest BCUT2D eigenvalue weighted by molar-refractivity contribution is 0.102. The molecule has 0 amide bonds. The lowest BCUT2D eigenvalue weighted by Gasteiger charge is -2.18. The number of halogens is 1. The Labute approximate surface area is 231 Å². The van der Waals surface area contributed by atoms with E-state index in [0.717, 1.165) is 22.4 Å². The van der Waals surface area contributed by atoms with Crippen molar-refractivity contribution in [3.05, 3.63) is 120 Å². The summed E-state index contributed by atoms with van der Waals surface area (Å²) in [4.78, 5) is 46.6. The van der Waals surface area contributed by atoms with Crippen LogP contribution in [0.15, 0.2) is 64.2 Å². The largest absolute Gasteiger partial charge is 0.497 e. The lowest BCUT2D eigenvalue weighted by Crippen LogP contribution is -2.38. The quantitative estimate of drug-likeness (QED) is 0.220. The minimum Gasteiger partial charge on any atom is -0.497 e. The van der Waals surface area contributed by atoms with Gasteiger partial charge in [0.2, 0.25) is 5.78 Å². The van der Waals surface area contributed by atoms with Crippen LogP contribution in [0.2, 0.25) is 5.15 Å². The van der Waals surface area contributed by atoms with Crippen molar-refractivity contribution in [2.24, 2.45) is 0 Å². The molecule has 0 aliphatic rings. The summed E-state index contributed by atoms with van der Waals surface area (Å²) in [5.41, 5.74) is 3.01. The van der Waals surface area contributed by atoms with Gasteiger partial charge in [0, 0.05) is 17.7 Å². The Bertz CT molecular complexity index is 1620. The summed E-state index contributed by atoms with van der Waals surface area (Å²) in [7, 11) is 1.61. The molecule has 2 aromatic heterocycles. The van der Waals surface area contributed by atoms with E-state index in [-0.39, 0.29) is 34.7 Å². The monoisotopic (exact) mass is 546 g/mol. The number of anilines is 1. The summed E-state index contributed by atoms with van der Waals surface area (Å²) in [6.07, 6.45) is 0. The van der Waals surface area contributed by atoms with E-state index < -0.39 is 11.2 Å². The zero-order valence-electron chi connectivity index (χ0n) is 22.6. The smallest absolute Gasteiger partial charge is 0.329 e. The SMILES string of the molecule is COc1ccc(CNc2cc(Cn3c(C(=O)c4cc(C)cc(C)c4)c(C(C)C)c(=O)[nH]c3=O)cc(Cl)n2)cc1. The normalized spacial score (nSPS) is 11.1. The molecule has 4 rings (SSSR count). The van der Waals surface area contributed by atoms with Gasteiger partial charge in [0.1, 0.15) is 22.4 Å². The van der Waals surface area contributed by atoms with Gasteiger partial charge in [0.05, 0.1) is 13.7 Å². The molecule has 0 atom stereocenters. The van der Waals surface area contributed by atoms with E-state index in [0.29, 0.717) is 23.5 Å². The standard InChI is InChI=1S/C30H31ClN4O4/c1-17(2)26-27(28(36)22-11-18(3)10-19(4)12-22)35(30(38)34-29(26)37)16-21-13-24(31)33-25(14-21)32-15-20-6-8-23(39-5)9-7-20/h6-14,17H,15-16H2,1-5H3,(H,32,33)(H,34,37,38). The van der Waals surface area contributed by atoms with Crippen LogP contribution in [0, 0.1) is 13.8 Å². The highest BCUT2D eigenvalue weighted by Crippen LogP contribution is 2.22. The number of carbonyl (C=O) groups is 1. The Balaban J connectivity index is 1.74. The second-order valence-corrected chi connectivity index (χ2v) is 10.2. The topological polar surface area (TPSA) is 106 Å². The Hall–Kier alpha value is -4.17. The van der Waals surface area contributed by atoms with Gasteiger partial charge in [-0.2, -0.15) is 0 Å². The molecule has 2 heterocycles. The number of H-pyrrole nitrogens is 1. The molecule has 0 radical (unpaired) electrons. The molecule has 0 saturated carbocycles. The highest BCUT2D eigenvalue weighted by atomic mass is 35.5. The first-order valence-electron chi connectivity index (χ1n) is 12.6. The molecule has 0 fully saturated rings. The number of aromatic nitrogens is 3. The van der Waals surface area contributed by atoms with Gasteiger partial charge in [-0.3, -0.25) is 19.1 Å². The number of hydrogen-bond donors (Lipinski definition) is 2. The van der Waals surface area contributed by atoms with Gasteiger partial charge in [0.15, 0.2) is 0 Å². The molecule has 0 saturated heterocycles. The van der Waals surface area contributed by atoms with Crippen molar-refractivity contribution in [3.63, 3.8) is 0 Å². The third kappa shape index (κ3) is 6.46. The molecule has 0 unspecified atom stereocenters.